The number of piperidine rings is 1. The van der Waals surface area contributed by atoms with E-state index >= 15 is 0 Å². The first kappa shape index (κ1) is 12.0. The van der Waals surface area contributed by atoms with Gasteiger partial charge < -0.3 is 5.73 Å². The second-order valence-corrected chi connectivity index (χ2v) is 5.12. The van der Waals surface area contributed by atoms with Crippen LogP contribution in [0.2, 0.25) is 10.0 Å². The Kier molecular flexibility index (Phi) is 3.95. The van der Waals surface area contributed by atoms with Crippen LogP contribution in [0.5, 0.6) is 0 Å². The van der Waals surface area contributed by atoms with Crippen molar-refractivity contribution in [1.29, 1.82) is 0 Å². The number of anilines is 1. The number of hydrogen-bond donors (Lipinski definition) is 1. The zero-order chi connectivity index (χ0) is 11.5. The Bertz CT molecular complexity index is 350. The van der Waals surface area contributed by atoms with E-state index in [-0.39, 0.29) is 0 Å². The SMILES string of the molecule is Nc1c(Cl)cc(CN2CCCCC2)cc1Cl. The first-order chi connectivity index (χ1) is 7.66. The van der Waals surface area contributed by atoms with Crippen LogP contribution in [-0.4, -0.2) is 18.0 Å². The summed E-state index contributed by atoms with van der Waals surface area (Å²) in [5, 5.41) is 1.11. The maximum atomic E-state index is 6.01. The molecule has 0 unspecified atom stereocenters. The van der Waals surface area contributed by atoms with Gasteiger partial charge in [0.05, 0.1) is 15.7 Å². The molecule has 0 aromatic heterocycles. The maximum Gasteiger partial charge on any atom is 0.0693 e. The van der Waals surface area contributed by atoms with Gasteiger partial charge in [-0.3, -0.25) is 4.90 Å². The van der Waals surface area contributed by atoms with Gasteiger partial charge in [0.1, 0.15) is 0 Å². The smallest absolute Gasteiger partial charge is 0.0693 e. The summed E-state index contributed by atoms with van der Waals surface area (Å²) in [4.78, 5) is 2.43. The molecule has 0 saturated carbocycles. The molecule has 1 fully saturated rings. The zero-order valence-corrected chi connectivity index (χ0v) is 10.7. The number of benzene rings is 1. The Morgan fingerprint density at radius 2 is 1.62 bits per heavy atom. The Balaban J connectivity index is 2.09. The molecular formula is C12H16Cl2N2. The van der Waals surface area contributed by atoms with Gasteiger partial charge >= 0.3 is 0 Å². The second kappa shape index (κ2) is 5.26. The molecule has 2 rings (SSSR count). The normalized spacial score (nSPS) is 17.6. The van der Waals surface area contributed by atoms with Crippen molar-refractivity contribution in [3.63, 3.8) is 0 Å². The van der Waals surface area contributed by atoms with Crippen molar-refractivity contribution in [2.45, 2.75) is 25.8 Å². The largest absolute Gasteiger partial charge is 0.396 e. The van der Waals surface area contributed by atoms with E-state index in [1.807, 2.05) is 12.1 Å². The lowest BCUT2D eigenvalue weighted by Crippen LogP contribution is -2.29. The minimum absolute atomic E-state index is 0.478. The van der Waals surface area contributed by atoms with Crippen LogP contribution >= 0.6 is 23.2 Å². The molecule has 1 aliphatic heterocycles. The van der Waals surface area contributed by atoms with E-state index < -0.39 is 0 Å². The third kappa shape index (κ3) is 2.82. The third-order valence-corrected chi connectivity index (χ3v) is 3.62. The van der Waals surface area contributed by atoms with Crippen LogP contribution in [0.1, 0.15) is 24.8 Å². The summed E-state index contributed by atoms with van der Waals surface area (Å²) in [5.41, 5.74) is 7.33. The fourth-order valence-corrected chi connectivity index (χ4v) is 2.64. The highest BCUT2D eigenvalue weighted by Crippen LogP contribution is 2.29. The molecule has 0 bridgehead atoms. The highest BCUT2D eigenvalue weighted by Gasteiger charge is 2.12. The lowest BCUT2D eigenvalue weighted by molar-refractivity contribution is 0.221. The molecule has 0 atom stereocenters. The van der Waals surface area contributed by atoms with E-state index in [9.17, 15) is 0 Å². The van der Waals surface area contributed by atoms with E-state index in [1.54, 1.807) is 0 Å². The van der Waals surface area contributed by atoms with Gasteiger partial charge in [-0.2, -0.15) is 0 Å². The van der Waals surface area contributed by atoms with Gasteiger partial charge in [-0.25, -0.2) is 0 Å². The van der Waals surface area contributed by atoms with Crippen molar-refractivity contribution in [3.8, 4) is 0 Å². The molecule has 1 aliphatic rings. The van der Waals surface area contributed by atoms with Crippen LogP contribution < -0.4 is 5.73 Å². The average molecular weight is 259 g/mol. The van der Waals surface area contributed by atoms with Crippen LogP contribution in [0.15, 0.2) is 12.1 Å². The highest BCUT2D eigenvalue weighted by atomic mass is 35.5. The van der Waals surface area contributed by atoms with Crippen molar-refractivity contribution in [1.82, 2.24) is 4.90 Å². The van der Waals surface area contributed by atoms with Crippen LogP contribution in [0.4, 0.5) is 5.69 Å². The summed E-state index contributed by atoms with van der Waals surface area (Å²) in [6.07, 6.45) is 3.92. The van der Waals surface area contributed by atoms with Crippen molar-refractivity contribution < 1.29 is 0 Å². The van der Waals surface area contributed by atoms with E-state index in [4.69, 9.17) is 28.9 Å². The molecule has 0 aliphatic carbocycles. The molecule has 2 nitrogen and oxygen atoms in total. The van der Waals surface area contributed by atoms with E-state index in [2.05, 4.69) is 4.90 Å². The highest BCUT2D eigenvalue weighted by molar-refractivity contribution is 6.38. The lowest BCUT2D eigenvalue weighted by atomic mass is 10.1. The fourth-order valence-electron chi connectivity index (χ4n) is 2.10. The molecule has 0 amide bonds. The molecule has 1 heterocycles. The number of hydrogen-bond acceptors (Lipinski definition) is 2. The topological polar surface area (TPSA) is 29.3 Å². The average Bonchev–Trinajstić information content (AvgIpc) is 2.27. The molecule has 4 heteroatoms. The van der Waals surface area contributed by atoms with Gasteiger partial charge in [-0.1, -0.05) is 29.6 Å². The summed E-state index contributed by atoms with van der Waals surface area (Å²) < 4.78 is 0. The summed E-state index contributed by atoms with van der Waals surface area (Å²) in [6, 6.07) is 3.83. The predicted octanol–water partition coefficient (Wildman–Crippen LogP) is 3.56. The first-order valence-electron chi connectivity index (χ1n) is 5.62. The molecule has 16 heavy (non-hydrogen) atoms. The quantitative estimate of drug-likeness (QED) is 0.823. The fraction of sp³-hybridized carbons (Fsp3) is 0.500. The minimum atomic E-state index is 0.478. The van der Waals surface area contributed by atoms with Gasteiger partial charge in [0.25, 0.3) is 0 Å². The molecule has 2 N–H and O–H groups in total. The van der Waals surface area contributed by atoms with Crippen LogP contribution in [0, 0.1) is 0 Å². The number of rotatable bonds is 2. The molecule has 1 aromatic rings. The number of nitrogens with zero attached hydrogens (tertiary/aromatic N) is 1. The molecular weight excluding hydrogens is 243 g/mol. The van der Waals surface area contributed by atoms with E-state index in [0.29, 0.717) is 15.7 Å². The Morgan fingerprint density at radius 1 is 1.06 bits per heavy atom. The van der Waals surface area contributed by atoms with E-state index in [0.717, 1.165) is 12.1 Å². The van der Waals surface area contributed by atoms with Crippen LogP contribution in [0.3, 0.4) is 0 Å². The van der Waals surface area contributed by atoms with Crippen molar-refractivity contribution in [2.75, 3.05) is 18.8 Å². The van der Waals surface area contributed by atoms with Gasteiger partial charge in [0.2, 0.25) is 0 Å². The van der Waals surface area contributed by atoms with Crippen molar-refractivity contribution >= 4 is 28.9 Å². The minimum Gasteiger partial charge on any atom is -0.396 e. The number of likely N-dealkylation sites (tertiary alicyclic amines) is 1. The second-order valence-electron chi connectivity index (χ2n) is 4.31. The summed E-state index contributed by atoms with van der Waals surface area (Å²) in [6.45, 7) is 3.25. The lowest BCUT2D eigenvalue weighted by Gasteiger charge is -2.26. The van der Waals surface area contributed by atoms with E-state index in [1.165, 1.54) is 32.4 Å². The van der Waals surface area contributed by atoms with Gasteiger partial charge in [-0.15, -0.1) is 0 Å². The Morgan fingerprint density at radius 3 is 2.19 bits per heavy atom. The van der Waals surface area contributed by atoms with Crippen molar-refractivity contribution in [2.24, 2.45) is 0 Å². The van der Waals surface area contributed by atoms with Gasteiger partial charge in [0.15, 0.2) is 0 Å². The van der Waals surface area contributed by atoms with Gasteiger partial charge in [0, 0.05) is 6.54 Å². The zero-order valence-electron chi connectivity index (χ0n) is 9.18. The Labute approximate surface area is 106 Å². The maximum absolute atomic E-state index is 6.01. The summed E-state index contributed by atoms with van der Waals surface area (Å²) in [7, 11) is 0. The third-order valence-electron chi connectivity index (χ3n) is 2.99. The van der Waals surface area contributed by atoms with Crippen LogP contribution in [0.25, 0.3) is 0 Å². The number of halogens is 2. The van der Waals surface area contributed by atoms with Crippen LogP contribution in [-0.2, 0) is 6.54 Å². The molecule has 1 aromatic carbocycles. The summed E-state index contributed by atoms with van der Waals surface area (Å²) >= 11 is 12.0. The van der Waals surface area contributed by atoms with Gasteiger partial charge in [-0.05, 0) is 43.6 Å². The monoisotopic (exact) mass is 258 g/mol. The molecule has 88 valence electrons. The predicted molar refractivity (Wildman–Crippen MR) is 70.0 cm³/mol. The summed E-state index contributed by atoms with van der Waals surface area (Å²) in [5.74, 6) is 0. The molecule has 1 saturated heterocycles. The number of nitrogen functional groups attached to an aromatic ring is 1. The first-order valence-corrected chi connectivity index (χ1v) is 6.38. The molecule has 0 radical (unpaired) electrons. The Hall–Kier alpha value is -0.440. The molecule has 0 spiro atoms. The standard InChI is InChI=1S/C12H16Cl2N2/c13-10-6-9(7-11(14)12(10)15)8-16-4-2-1-3-5-16/h6-7H,1-5,8,15H2. The number of nitrogens with two attached hydrogens (primary N) is 1. The van der Waals surface area contributed by atoms with Crippen molar-refractivity contribution in [3.05, 3.63) is 27.7 Å².